The van der Waals surface area contributed by atoms with Crippen LogP contribution in [-0.2, 0) is 190 Å². The van der Waals surface area contributed by atoms with Crippen molar-refractivity contribution in [2.45, 2.75) is 28.2 Å². The molecule has 35 heteroatoms. The van der Waals surface area contributed by atoms with Crippen molar-refractivity contribution >= 4 is 215 Å². The Bertz CT molecular complexity index is 175. The molecule has 0 unspecified atom stereocenters. The van der Waals surface area contributed by atoms with Gasteiger partial charge in [-0.1, -0.05) is 13.5 Å². The van der Waals surface area contributed by atoms with Gasteiger partial charge in [-0.3, -0.25) is 0 Å². The Hall–Kier alpha value is 11.9. The molecule has 0 aromatic rings. The van der Waals surface area contributed by atoms with Crippen molar-refractivity contribution in [1.29, 1.82) is 0 Å². The van der Waals surface area contributed by atoms with E-state index >= 15 is 0 Å². The Morgan fingerprint density at radius 3 is 0.571 bits per heavy atom. The number of carbonyl (C=O) groups excluding carboxylic acids is 1. The number of allylic oxidation sites excluding steroid dienone is 1. The van der Waals surface area contributed by atoms with Crippen molar-refractivity contribution in [3.05, 3.63) is 12.7 Å². The van der Waals surface area contributed by atoms with Crippen LogP contribution >= 0.6 is 209 Å². The molecule has 0 aliphatic heterocycles. The van der Waals surface area contributed by atoms with E-state index in [4.69, 9.17) is 38.1 Å². The minimum Gasteiger partial charge on any atom is 0 e. The van der Waals surface area contributed by atoms with Crippen molar-refractivity contribution in [3.63, 3.8) is 0 Å². The molecule has 0 amide bonds. The van der Waals surface area contributed by atoms with Crippen LogP contribution in [0.5, 0.6) is 0 Å². The number of hydrogen-bond acceptors (Lipinski definition) is 1. The van der Waals surface area contributed by atoms with Crippen molar-refractivity contribution in [1.82, 2.24) is 0 Å². The molecular formula is C7H24Cl20Cu8O3Pd4. The maximum atomic E-state index is 9.44. The van der Waals surface area contributed by atoms with E-state index < -0.39 is 0 Å². The topological polar surface area (TPSA) is 80.1 Å². The van der Waals surface area contributed by atoms with Crippen LogP contribution in [0.25, 0.3) is 0 Å². The van der Waals surface area contributed by atoms with Crippen LogP contribution in [0, 0.1) is 0 Å². The van der Waals surface area contributed by atoms with Gasteiger partial charge >= 0.3 is 304 Å². The maximum Gasteiger partial charge on any atom is 0 e. The van der Waals surface area contributed by atoms with Crippen LogP contribution in [0.2, 0.25) is 0 Å². The van der Waals surface area contributed by atoms with Crippen LogP contribution < -0.4 is 0 Å². The molecule has 0 aliphatic rings. The van der Waals surface area contributed by atoms with Gasteiger partial charge in [0.25, 0.3) is 0 Å². The van der Waals surface area contributed by atoms with Crippen LogP contribution in [0.1, 0.15) is 28.2 Å². The van der Waals surface area contributed by atoms with Crippen molar-refractivity contribution < 1.29 is 201 Å². The summed E-state index contributed by atoms with van der Waals surface area (Å²) in [7, 11) is 73.4. The van der Waals surface area contributed by atoms with Crippen LogP contribution in [-0.4, -0.2) is 16.7 Å². The molecule has 0 fully saturated rings. The predicted molar refractivity (Wildman–Crippen MR) is 169 cm³/mol. The predicted octanol–water partition coefficient (Wildman–Crippen LogP) is 13.5. The number of ketones is 1. The van der Waals surface area contributed by atoms with E-state index in [1.807, 2.05) is 6.92 Å². The first-order valence-corrected chi connectivity index (χ1v) is 27.6. The quantitative estimate of drug-likeness (QED) is 0.176. The van der Waals surface area contributed by atoms with Crippen molar-refractivity contribution in [2.75, 3.05) is 0 Å². The van der Waals surface area contributed by atoms with Crippen LogP contribution in [0.4, 0.5) is 0 Å². The fourth-order valence-corrected chi connectivity index (χ4v) is 0. The summed E-state index contributed by atoms with van der Waals surface area (Å²) in [6, 6.07) is 0. The summed E-state index contributed by atoms with van der Waals surface area (Å²) in [5, 5.41) is 0. The fourth-order valence-electron chi connectivity index (χ4n) is 0. The molecule has 0 rings (SSSR count). The zero-order valence-corrected chi connectivity index (χ0v) is 46.7. The first-order valence-electron chi connectivity index (χ1n) is 4.04. The van der Waals surface area contributed by atoms with E-state index in [1.54, 1.807) is 6.08 Å². The molecule has 42 heavy (non-hydrogen) atoms. The molecule has 0 aliphatic carbocycles. The third-order valence-corrected chi connectivity index (χ3v) is 0. The molecule has 0 saturated heterocycles. The number of halogens is 20. The standard InChI is InChI=1S/C3H6O.C3H6.CH4.20ClH.8Cu.2H2O.4Pd/c1-3(2)4;1-3-2;;;;;;;;;;;;;;;;;;;;;;;;;;;;;;;;;;;/h1-2H3;3H,1H2,2H3;1H4;20*1H;;;;;;;;;2*1H2;;;;/q;;;;;;;;;;;;;;;;;;;;;;;4*+1;4*+2;;;;;2*+2/p-16. The minimum atomic E-state index is -0.106. The summed E-state index contributed by atoms with van der Waals surface area (Å²) in [6.07, 6.45) is 1.75. The van der Waals surface area contributed by atoms with E-state index in [2.05, 4.69) is 188 Å². The van der Waals surface area contributed by atoms with Gasteiger partial charge in [-0.2, -0.15) is 0 Å². The molecule has 0 radical (unpaired) electrons. The first kappa shape index (κ1) is 139. The van der Waals surface area contributed by atoms with Gasteiger partial charge in [-0.15, -0.1) is 56.2 Å². The van der Waals surface area contributed by atoms with Gasteiger partial charge in [-0.05, 0) is 20.8 Å². The van der Waals surface area contributed by atoms with E-state index in [0.29, 0.717) is 0 Å². The average Bonchev–Trinajstić information content (AvgIpc) is 2.77. The zero-order valence-electron chi connectivity index (χ0n) is 17.6. The molecule has 0 spiro atoms. The Morgan fingerprint density at radius 2 is 0.571 bits per heavy atom. The van der Waals surface area contributed by atoms with Gasteiger partial charge in [0.1, 0.15) is 5.78 Å². The smallest absolute Gasteiger partial charge is 0 e. The Morgan fingerprint density at radius 1 is 0.571 bits per heavy atom. The minimum absolute atomic E-state index is 0. The normalized spacial score (nSPS) is 4.74. The molecule has 0 aromatic heterocycles. The largest absolute Gasteiger partial charge is 0 e. The van der Waals surface area contributed by atoms with E-state index in [1.165, 1.54) is 13.8 Å². The summed E-state index contributed by atoms with van der Waals surface area (Å²) in [5.74, 6) is 0.167. The number of hydrogen-bond donors (Lipinski definition) is 0. The second-order valence-corrected chi connectivity index (χ2v) is 12.5. The monoisotopic (exact) mass is 1780 g/mol. The van der Waals surface area contributed by atoms with E-state index in [0.717, 1.165) is 52.5 Å². The zero-order chi connectivity index (χ0) is 30.5. The molecule has 4 N–H and O–H groups in total. The molecule has 3 nitrogen and oxygen atoms in total. The maximum absolute atomic E-state index is 9.44. The van der Waals surface area contributed by atoms with Crippen LogP contribution in [0.3, 0.4) is 0 Å². The molecule has 0 aromatic carbocycles. The first-order chi connectivity index (χ1) is 15.6. The van der Waals surface area contributed by atoms with E-state index in [-0.39, 0.29) is 147 Å². The molecular weight excluding hydrogens is 1780 g/mol. The van der Waals surface area contributed by atoms with E-state index in [9.17, 15) is 4.79 Å². The van der Waals surface area contributed by atoms with Gasteiger partial charge in [0.05, 0.1) is 0 Å². The summed E-state index contributed by atoms with van der Waals surface area (Å²) in [4.78, 5) is 9.44. The molecule has 0 heterocycles. The summed E-state index contributed by atoms with van der Waals surface area (Å²) < 4.78 is 0. The molecule has 338 valence electrons. The summed E-state index contributed by atoms with van der Waals surface area (Å²) in [5.41, 5.74) is 0. The Kier molecular flexibility index (Phi) is 984. The average molecular weight is 1800 g/mol. The summed E-state index contributed by atoms with van der Waals surface area (Å²) in [6.45, 7) is 8.31. The molecule has 0 bridgehead atoms. The number of rotatable bonds is 0. The third-order valence-electron chi connectivity index (χ3n) is 0. The Balaban J connectivity index is -0.00000000595. The van der Waals surface area contributed by atoms with Crippen molar-refractivity contribution in [2.24, 2.45) is 0 Å². The molecule has 0 saturated carbocycles. The molecule has 0 atom stereocenters. The Labute approximate surface area is 447 Å². The van der Waals surface area contributed by atoms with Crippen molar-refractivity contribution in [3.8, 4) is 0 Å². The SMILES string of the molecule is C.C=CC.CC(C)=O.Cl.Cl.Cl.Cl.O.O.[Cl][Cu].[Cl][Cu].[Cl][Cu].[Cl][Cu].[Cl][Cu][Cl].[Cl][Cu][Cl].[Cl][Cu][Cl].[Cl][Cu][Cl].[Cl][Pd][Cl].[Cl][Pd][Cl].[Pd].[Pd]. The fraction of sp³-hybridized carbons (Fsp3) is 0.571. The van der Waals surface area contributed by atoms with Gasteiger partial charge in [0, 0.05) is 40.8 Å². The summed E-state index contributed by atoms with van der Waals surface area (Å²) >= 11 is 17.5. The third kappa shape index (κ3) is 946. The van der Waals surface area contributed by atoms with Gasteiger partial charge < -0.3 is 15.7 Å². The van der Waals surface area contributed by atoms with Gasteiger partial charge in [0.2, 0.25) is 0 Å². The van der Waals surface area contributed by atoms with Gasteiger partial charge in [-0.25, -0.2) is 0 Å². The number of Topliss-reactive ketones (excluding diaryl/α,β-unsaturated/α-hetero) is 1. The second kappa shape index (κ2) is 297. The second-order valence-electron chi connectivity index (χ2n) is 1.58. The number of carbonyl (C=O) groups is 1. The van der Waals surface area contributed by atoms with Crippen LogP contribution in [0.15, 0.2) is 12.7 Å². The van der Waals surface area contributed by atoms with Gasteiger partial charge in [0.15, 0.2) is 0 Å².